The Morgan fingerprint density at radius 3 is 2.82 bits per heavy atom. The molecule has 1 rings (SSSR count). The third kappa shape index (κ3) is 3.16. The predicted molar refractivity (Wildman–Crippen MR) is 73.4 cm³/mol. The molecule has 1 heterocycles. The van der Waals surface area contributed by atoms with Crippen molar-refractivity contribution in [3.05, 3.63) is 0 Å². The summed E-state index contributed by atoms with van der Waals surface area (Å²) >= 11 is 1.62. The van der Waals surface area contributed by atoms with Crippen LogP contribution in [0.4, 0.5) is 0 Å². The highest BCUT2D eigenvalue weighted by Crippen LogP contribution is 2.35. The Hall–Kier alpha value is -0.220. The van der Waals surface area contributed by atoms with Gasteiger partial charge >= 0.3 is 0 Å². The van der Waals surface area contributed by atoms with E-state index in [0.29, 0.717) is 6.61 Å². The average molecular weight is 259 g/mol. The third-order valence-electron chi connectivity index (χ3n) is 3.69. The molecule has 1 saturated heterocycles. The summed E-state index contributed by atoms with van der Waals surface area (Å²) in [5, 5.41) is 0.0567. The first kappa shape index (κ1) is 14.8. The summed E-state index contributed by atoms with van der Waals surface area (Å²) in [5.41, 5.74) is -0.0371. The lowest BCUT2D eigenvalue weighted by atomic mass is 9.91. The van der Waals surface area contributed by atoms with Crippen LogP contribution in [0.25, 0.3) is 0 Å². The van der Waals surface area contributed by atoms with E-state index in [1.54, 1.807) is 18.9 Å². The first-order chi connectivity index (χ1) is 8.11. The Balaban J connectivity index is 2.83. The van der Waals surface area contributed by atoms with Crippen molar-refractivity contribution in [2.45, 2.75) is 50.3 Å². The molecule has 2 atom stereocenters. The molecule has 0 radical (unpaired) electrons. The number of likely N-dealkylation sites (tertiary alicyclic amines) is 1. The number of carbonyl (C=O) groups excluding carboxylic acids is 1. The Bertz CT molecular complexity index is 252. The lowest BCUT2D eigenvalue weighted by molar-refractivity contribution is -0.136. The number of thioether (sulfide) groups is 1. The molecule has 0 spiro atoms. The second-order valence-corrected chi connectivity index (χ2v) is 6.06. The standard InChI is InChI=1S/C13H25NO2S/c1-5-7-13(10-16-3)8-6-9-14(13)12(15)11(2)17-4/h11H,5-10H2,1-4H3/t11-,13-/m1/s1. The summed E-state index contributed by atoms with van der Waals surface area (Å²) in [4.78, 5) is 14.5. The van der Waals surface area contributed by atoms with Crippen molar-refractivity contribution in [1.29, 1.82) is 0 Å². The van der Waals surface area contributed by atoms with Crippen LogP contribution in [0.5, 0.6) is 0 Å². The topological polar surface area (TPSA) is 29.5 Å². The first-order valence-electron chi connectivity index (χ1n) is 6.44. The van der Waals surface area contributed by atoms with Gasteiger partial charge in [-0.15, -0.1) is 0 Å². The van der Waals surface area contributed by atoms with Gasteiger partial charge in [0.15, 0.2) is 0 Å². The van der Waals surface area contributed by atoms with Gasteiger partial charge in [-0.1, -0.05) is 13.3 Å². The zero-order valence-electron chi connectivity index (χ0n) is 11.5. The number of ether oxygens (including phenoxy) is 1. The Morgan fingerprint density at radius 1 is 1.59 bits per heavy atom. The molecule has 1 fully saturated rings. The van der Waals surface area contributed by atoms with Crippen molar-refractivity contribution >= 4 is 17.7 Å². The average Bonchev–Trinajstić information content (AvgIpc) is 2.72. The lowest BCUT2D eigenvalue weighted by Crippen LogP contribution is -2.52. The van der Waals surface area contributed by atoms with E-state index in [1.807, 2.05) is 13.2 Å². The number of rotatable bonds is 6. The fourth-order valence-electron chi connectivity index (χ4n) is 2.82. The van der Waals surface area contributed by atoms with E-state index in [4.69, 9.17) is 4.74 Å². The molecule has 0 aromatic carbocycles. The second kappa shape index (κ2) is 6.64. The minimum atomic E-state index is -0.0371. The SMILES string of the molecule is CCC[C@]1(COC)CCCN1C(=O)[C@@H](C)SC. The molecule has 4 heteroatoms. The minimum Gasteiger partial charge on any atom is -0.382 e. The van der Waals surface area contributed by atoms with Crippen LogP contribution in [0, 0.1) is 0 Å². The molecule has 3 nitrogen and oxygen atoms in total. The molecule has 0 N–H and O–H groups in total. The van der Waals surface area contributed by atoms with Gasteiger partial charge in [0.05, 0.1) is 17.4 Å². The molecule has 1 aliphatic heterocycles. The Kier molecular flexibility index (Phi) is 5.80. The van der Waals surface area contributed by atoms with Gasteiger partial charge in [-0.2, -0.15) is 11.8 Å². The van der Waals surface area contributed by atoms with Crippen LogP contribution in [0.15, 0.2) is 0 Å². The molecule has 0 bridgehead atoms. The summed E-state index contributed by atoms with van der Waals surface area (Å²) < 4.78 is 5.37. The van der Waals surface area contributed by atoms with Crippen molar-refractivity contribution in [2.75, 3.05) is 26.5 Å². The van der Waals surface area contributed by atoms with Crippen LogP contribution in [0.3, 0.4) is 0 Å². The molecule has 17 heavy (non-hydrogen) atoms. The zero-order chi connectivity index (χ0) is 12.9. The molecule has 1 aliphatic rings. The molecule has 0 saturated carbocycles. The van der Waals surface area contributed by atoms with E-state index in [9.17, 15) is 4.79 Å². The number of nitrogens with zero attached hydrogens (tertiary/aromatic N) is 1. The molecular weight excluding hydrogens is 234 g/mol. The van der Waals surface area contributed by atoms with Gasteiger partial charge in [0.25, 0.3) is 0 Å². The fraction of sp³-hybridized carbons (Fsp3) is 0.923. The Morgan fingerprint density at radius 2 is 2.29 bits per heavy atom. The van der Waals surface area contributed by atoms with Crippen LogP contribution in [-0.4, -0.2) is 48.1 Å². The van der Waals surface area contributed by atoms with Crippen LogP contribution in [-0.2, 0) is 9.53 Å². The second-order valence-electron chi connectivity index (χ2n) is 4.88. The maximum atomic E-state index is 12.4. The van der Waals surface area contributed by atoms with E-state index < -0.39 is 0 Å². The molecule has 0 aromatic rings. The van der Waals surface area contributed by atoms with E-state index >= 15 is 0 Å². The highest BCUT2D eigenvalue weighted by Gasteiger charge is 2.43. The van der Waals surface area contributed by atoms with Gasteiger partial charge in [-0.05, 0) is 32.4 Å². The van der Waals surface area contributed by atoms with Gasteiger partial charge in [0.2, 0.25) is 5.91 Å². The summed E-state index contributed by atoms with van der Waals surface area (Å²) in [6.45, 7) is 5.74. The monoisotopic (exact) mass is 259 g/mol. The summed E-state index contributed by atoms with van der Waals surface area (Å²) in [6, 6.07) is 0. The van der Waals surface area contributed by atoms with Gasteiger partial charge in [-0.25, -0.2) is 0 Å². The molecule has 1 amide bonds. The number of hydrogen-bond donors (Lipinski definition) is 0. The van der Waals surface area contributed by atoms with Crippen LogP contribution in [0.2, 0.25) is 0 Å². The number of amides is 1. The lowest BCUT2D eigenvalue weighted by Gasteiger charge is -2.39. The van der Waals surface area contributed by atoms with E-state index in [0.717, 1.165) is 32.2 Å². The summed E-state index contributed by atoms with van der Waals surface area (Å²) in [7, 11) is 1.73. The maximum absolute atomic E-state index is 12.4. The Labute approximate surface area is 109 Å². The van der Waals surface area contributed by atoms with Crippen molar-refractivity contribution in [3.63, 3.8) is 0 Å². The molecule has 0 aliphatic carbocycles. The third-order valence-corrected chi connectivity index (χ3v) is 4.60. The summed E-state index contributed by atoms with van der Waals surface area (Å²) in [5.74, 6) is 0.278. The quantitative estimate of drug-likeness (QED) is 0.734. The first-order valence-corrected chi connectivity index (χ1v) is 7.73. The number of methoxy groups -OCH3 is 1. The van der Waals surface area contributed by atoms with Gasteiger partial charge < -0.3 is 9.64 Å². The number of hydrogen-bond acceptors (Lipinski definition) is 3. The van der Waals surface area contributed by atoms with Gasteiger partial charge in [0.1, 0.15) is 0 Å². The molecule has 0 aromatic heterocycles. The molecule has 0 unspecified atom stereocenters. The van der Waals surface area contributed by atoms with E-state index in [-0.39, 0.29) is 16.7 Å². The smallest absolute Gasteiger partial charge is 0.235 e. The van der Waals surface area contributed by atoms with Gasteiger partial charge in [0, 0.05) is 13.7 Å². The van der Waals surface area contributed by atoms with Crippen LogP contribution in [0.1, 0.15) is 39.5 Å². The minimum absolute atomic E-state index is 0.0371. The van der Waals surface area contributed by atoms with E-state index in [1.165, 1.54) is 0 Å². The highest BCUT2D eigenvalue weighted by molar-refractivity contribution is 7.99. The van der Waals surface area contributed by atoms with Crippen molar-refractivity contribution < 1.29 is 9.53 Å². The van der Waals surface area contributed by atoms with Crippen molar-refractivity contribution in [3.8, 4) is 0 Å². The van der Waals surface area contributed by atoms with Crippen LogP contribution >= 0.6 is 11.8 Å². The van der Waals surface area contributed by atoms with Crippen LogP contribution < -0.4 is 0 Å². The van der Waals surface area contributed by atoms with Gasteiger partial charge in [-0.3, -0.25) is 4.79 Å². The maximum Gasteiger partial charge on any atom is 0.235 e. The summed E-state index contributed by atoms with van der Waals surface area (Å²) in [6.07, 6.45) is 6.34. The van der Waals surface area contributed by atoms with Crippen molar-refractivity contribution in [2.24, 2.45) is 0 Å². The normalized spacial score (nSPS) is 26.2. The largest absolute Gasteiger partial charge is 0.382 e. The zero-order valence-corrected chi connectivity index (χ0v) is 12.3. The van der Waals surface area contributed by atoms with E-state index in [2.05, 4.69) is 11.8 Å². The number of carbonyl (C=O) groups is 1. The van der Waals surface area contributed by atoms with Crippen molar-refractivity contribution in [1.82, 2.24) is 4.90 Å². The fourth-order valence-corrected chi connectivity index (χ4v) is 3.15. The molecule has 100 valence electrons. The highest BCUT2D eigenvalue weighted by atomic mass is 32.2. The predicted octanol–water partition coefficient (Wildman–Crippen LogP) is 2.55. The molecular formula is C13H25NO2S.